The number of amides is 1. The smallest absolute Gasteiger partial charge is 0.217 e. The van der Waals surface area contributed by atoms with Crippen molar-refractivity contribution in [3.05, 3.63) is 23.9 Å². The number of likely N-dealkylation sites (tertiary alicyclic amines) is 1. The highest BCUT2D eigenvalue weighted by Crippen LogP contribution is 2.19. The number of nitrogens with two attached hydrogens (primary N) is 1. The van der Waals surface area contributed by atoms with Crippen LogP contribution >= 0.6 is 0 Å². The van der Waals surface area contributed by atoms with Gasteiger partial charge in [0.05, 0.1) is 12.2 Å². The molecule has 1 unspecified atom stereocenters. The summed E-state index contributed by atoms with van der Waals surface area (Å²) in [6.07, 6.45) is 2.54. The van der Waals surface area contributed by atoms with Crippen LogP contribution in [0.1, 0.15) is 25.0 Å². The maximum atomic E-state index is 11.2. The second-order valence-corrected chi connectivity index (χ2v) is 6.41. The van der Waals surface area contributed by atoms with Crippen molar-refractivity contribution >= 4 is 17.7 Å². The van der Waals surface area contributed by atoms with Crippen LogP contribution in [-0.2, 0) is 11.3 Å². The fourth-order valence-corrected chi connectivity index (χ4v) is 3.02. The zero-order valence-corrected chi connectivity index (χ0v) is 14.8. The molecule has 7 heteroatoms. The Morgan fingerprint density at radius 2 is 2.29 bits per heavy atom. The van der Waals surface area contributed by atoms with Crippen molar-refractivity contribution < 1.29 is 4.79 Å². The fraction of sp³-hybridized carbons (Fsp3) is 0.588. The third kappa shape index (κ3) is 5.11. The second kappa shape index (κ2) is 8.52. The van der Waals surface area contributed by atoms with Crippen molar-refractivity contribution in [1.29, 1.82) is 0 Å². The largest absolute Gasteiger partial charge is 0.370 e. The Morgan fingerprint density at radius 1 is 1.50 bits per heavy atom. The first-order chi connectivity index (χ1) is 11.5. The summed E-state index contributed by atoms with van der Waals surface area (Å²) < 4.78 is 0. The second-order valence-electron chi connectivity index (χ2n) is 6.41. The average molecular weight is 332 g/mol. The van der Waals surface area contributed by atoms with Crippen LogP contribution in [-0.4, -0.2) is 56.0 Å². The summed E-state index contributed by atoms with van der Waals surface area (Å²) in [7, 11) is 5.74. The number of rotatable bonds is 5. The van der Waals surface area contributed by atoms with E-state index in [2.05, 4.69) is 20.2 Å². The minimum atomic E-state index is -0.227. The Kier molecular flexibility index (Phi) is 6.40. The Bertz CT molecular complexity index is 586. The number of pyridine rings is 1. The molecule has 1 atom stereocenters. The topological polar surface area (TPSA) is 86.8 Å². The number of aromatic nitrogens is 1. The normalized spacial score (nSPS) is 18.4. The van der Waals surface area contributed by atoms with Gasteiger partial charge >= 0.3 is 0 Å². The molecule has 2 heterocycles. The summed E-state index contributed by atoms with van der Waals surface area (Å²) in [5, 5.41) is 3.37. The molecule has 1 aliphatic rings. The summed E-state index contributed by atoms with van der Waals surface area (Å²) in [5.41, 5.74) is 6.30. The quantitative estimate of drug-likeness (QED) is 0.615. The lowest BCUT2D eigenvalue weighted by Gasteiger charge is -2.34. The summed E-state index contributed by atoms with van der Waals surface area (Å²) in [6, 6.07) is 5.99. The molecule has 132 valence electrons. The minimum Gasteiger partial charge on any atom is -0.370 e. The van der Waals surface area contributed by atoms with Gasteiger partial charge in [-0.15, -0.1) is 0 Å². The van der Waals surface area contributed by atoms with E-state index in [0.717, 1.165) is 43.4 Å². The predicted octanol–water partition coefficient (Wildman–Crippen LogP) is 0.810. The fourth-order valence-electron chi connectivity index (χ4n) is 3.02. The molecule has 0 aromatic carbocycles. The van der Waals surface area contributed by atoms with Crippen LogP contribution in [0.15, 0.2) is 23.2 Å². The molecule has 7 nitrogen and oxygen atoms in total. The number of nitrogens with one attached hydrogen (secondary N) is 1. The zero-order valence-electron chi connectivity index (χ0n) is 14.8. The number of carbonyl (C=O) groups excluding carboxylic acids is 1. The average Bonchev–Trinajstić information content (AvgIpc) is 2.55. The lowest BCUT2D eigenvalue weighted by molar-refractivity contribution is -0.119. The van der Waals surface area contributed by atoms with E-state index in [1.165, 1.54) is 0 Å². The Morgan fingerprint density at radius 3 is 2.96 bits per heavy atom. The highest BCUT2D eigenvalue weighted by atomic mass is 16.1. The highest BCUT2D eigenvalue weighted by Gasteiger charge is 2.23. The van der Waals surface area contributed by atoms with Gasteiger partial charge in [0, 0.05) is 40.7 Å². The number of nitrogens with zero attached hydrogens (tertiary/aromatic N) is 4. The Hall–Kier alpha value is -2.31. The molecule has 1 aromatic heterocycles. The maximum Gasteiger partial charge on any atom is 0.217 e. The summed E-state index contributed by atoms with van der Waals surface area (Å²) >= 11 is 0. The number of carbonyl (C=O) groups is 1. The van der Waals surface area contributed by atoms with E-state index >= 15 is 0 Å². The van der Waals surface area contributed by atoms with E-state index < -0.39 is 0 Å². The molecule has 1 saturated heterocycles. The van der Waals surface area contributed by atoms with Gasteiger partial charge in [0.1, 0.15) is 5.82 Å². The van der Waals surface area contributed by atoms with Gasteiger partial charge in [-0.1, -0.05) is 6.07 Å². The molecule has 3 N–H and O–H groups in total. The molecular formula is C17H28N6O. The van der Waals surface area contributed by atoms with Gasteiger partial charge in [-0.05, 0) is 30.9 Å². The van der Waals surface area contributed by atoms with Gasteiger partial charge in [0.2, 0.25) is 5.91 Å². The molecule has 2 rings (SSSR count). The maximum absolute atomic E-state index is 11.2. The molecule has 0 radical (unpaired) electrons. The summed E-state index contributed by atoms with van der Waals surface area (Å²) in [5.74, 6) is 1.87. The molecule has 1 aliphatic heterocycles. The molecule has 0 aliphatic carbocycles. The van der Waals surface area contributed by atoms with Crippen LogP contribution in [0.3, 0.4) is 0 Å². The van der Waals surface area contributed by atoms with Crippen molar-refractivity contribution in [2.45, 2.75) is 25.8 Å². The van der Waals surface area contributed by atoms with Crippen LogP contribution in [0, 0.1) is 5.92 Å². The lowest BCUT2D eigenvalue weighted by Crippen LogP contribution is -2.47. The summed E-state index contributed by atoms with van der Waals surface area (Å²) in [4.78, 5) is 24.3. The number of piperidine rings is 1. The van der Waals surface area contributed by atoms with Gasteiger partial charge in [-0.2, -0.15) is 0 Å². The van der Waals surface area contributed by atoms with Crippen LogP contribution in [0.2, 0.25) is 0 Å². The van der Waals surface area contributed by atoms with E-state index in [9.17, 15) is 4.79 Å². The van der Waals surface area contributed by atoms with Crippen LogP contribution in [0.25, 0.3) is 0 Å². The first kappa shape index (κ1) is 18.0. The Labute approximate surface area is 143 Å². The summed E-state index contributed by atoms with van der Waals surface area (Å²) in [6.45, 7) is 2.37. The molecule has 1 aromatic rings. The van der Waals surface area contributed by atoms with Crippen LogP contribution in [0.5, 0.6) is 0 Å². The number of primary amides is 1. The van der Waals surface area contributed by atoms with Gasteiger partial charge < -0.3 is 20.9 Å². The SMILES string of the molecule is CN=C(NCc1cccc(N(C)C)n1)N1CCCC(CC(N)=O)C1. The van der Waals surface area contributed by atoms with E-state index in [-0.39, 0.29) is 5.91 Å². The molecule has 0 spiro atoms. The molecule has 0 bridgehead atoms. The molecular weight excluding hydrogens is 304 g/mol. The number of anilines is 1. The van der Waals surface area contributed by atoms with Crippen molar-refractivity contribution in [2.75, 3.05) is 39.1 Å². The van der Waals surface area contributed by atoms with Crippen LogP contribution < -0.4 is 16.0 Å². The van der Waals surface area contributed by atoms with Crippen molar-refractivity contribution in [1.82, 2.24) is 15.2 Å². The minimum absolute atomic E-state index is 0.227. The predicted molar refractivity (Wildman–Crippen MR) is 96.9 cm³/mol. The van der Waals surface area contributed by atoms with Crippen molar-refractivity contribution in [3.63, 3.8) is 0 Å². The monoisotopic (exact) mass is 332 g/mol. The number of hydrogen-bond acceptors (Lipinski definition) is 4. The number of aliphatic imine (C=N–C) groups is 1. The highest BCUT2D eigenvalue weighted by molar-refractivity contribution is 5.80. The van der Waals surface area contributed by atoms with Crippen molar-refractivity contribution in [3.8, 4) is 0 Å². The van der Waals surface area contributed by atoms with Gasteiger partial charge in [-0.3, -0.25) is 9.79 Å². The third-order valence-corrected chi connectivity index (χ3v) is 4.20. The van der Waals surface area contributed by atoms with E-state index in [4.69, 9.17) is 5.73 Å². The van der Waals surface area contributed by atoms with Gasteiger partial charge in [-0.25, -0.2) is 4.98 Å². The van der Waals surface area contributed by atoms with Crippen LogP contribution in [0.4, 0.5) is 5.82 Å². The van der Waals surface area contributed by atoms with E-state index in [0.29, 0.717) is 18.9 Å². The molecule has 1 amide bonds. The molecule has 24 heavy (non-hydrogen) atoms. The first-order valence-electron chi connectivity index (χ1n) is 8.36. The van der Waals surface area contributed by atoms with Crippen molar-refractivity contribution in [2.24, 2.45) is 16.6 Å². The molecule has 1 fully saturated rings. The first-order valence-corrected chi connectivity index (χ1v) is 8.36. The van der Waals surface area contributed by atoms with Gasteiger partial charge in [0.15, 0.2) is 5.96 Å². The van der Waals surface area contributed by atoms with E-state index in [1.807, 2.05) is 37.2 Å². The third-order valence-electron chi connectivity index (χ3n) is 4.20. The number of hydrogen-bond donors (Lipinski definition) is 2. The Balaban J connectivity index is 1.94. The lowest BCUT2D eigenvalue weighted by atomic mass is 9.95. The number of guanidine groups is 1. The zero-order chi connectivity index (χ0) is 17.5. The molecule has 0 saturated carbocycles. The standard InChI is InChI=1S/C17H28N6O/c1-19-17(23-9-5-6-13(12-23)10-15(18)24)20-11-14-7-4-8-16(21-14)22(2)3/h4,7-8,13H,5-6,9-12H2,1-3H3,(H2,18,24)(H,19,20). The van der Waals surface area contributed by atoms with E-state index in [1.54, 1.807) is 7.05 Å². The van der Waals surface area contributed by atoms with Gasteiger partial charge in [0.25, 0.3) is 0 Å².